The quantitative estimate of drug-likeness (QED) is 0.794. The minimum Gasteiger partial charge on any atom is -0.381 e. The van der Waals surface area contributed by atoms with E-state index in [1.54, 1.807) is 0 Å². The molecule has 0 unspecified atom stereocenters. The summed E-state index contributed by atoms with van der Waals surface area (Å²) in [4.78, 5) is 17.0. The van der Waals surface area contributed by atoms with E-state index in [-0.39, 0.29) is 17.3 Å². The number of carbonyl (C=O) groups is 1. The van der Waals surface area contributed by atoms with E-state index < -0.39 is 10.8 Å². The lowest BCUT2D eigenvalue weighted by molar-refractivity contribution is 0.117. The first kappa shape index (κ1) is 19.1. The molecule has 2 heterocycles. The number of nitrogens with zero attached hydrogens (tertiary/aromatic N) is 2. The first-order valence-electron chi connectivity index (χ1n) is 9.88. The van der Waals surface area contributed by atoms with Crippen LogP contribution in [0.1, 0.15) is 39.0 Å². The lowest BCUT2D eigenvalue weighted by Gasteiger charge is -2.37. The molecule has 2 amide bonds. The molecular weight excluding hydrogens is 338 g/mol. The molecule has 1 aliphatic carbocycles. The van der Waals surface area contributed by atoms with Gasteiger partial charge in [-0.3, -0.25) is 9.11 Å². The predicted octanol–water partition coefficient (Wildman–Crippen LogP) is 1.43. The van der Waals surface area contributed by atoms with E-state index in [4.69, 9.17) is 4.74 Å². The maximum absolute atomic E-state index is 12.6. The molecule has 4 atom stereocenters. The second kappa shape index (κ2) is 9.33. The summed E-state index contributed by atoms with van der Waals surface area (Å²) < 4.78 is 17.5. The number of hydrogen-bond acceptors (Lipinski definition) is 4. The van der Waals surface area contributed by atoms with Crippen LogP contribution in [0.25, 0.3) is 0 Å². The van der Waals surface area contributed by atoms with Gasteiger partial charge in [0.05, 0.1) is 6.61 Å². The van der Waals surface area contributed by atoms with Gasteiger partial charge in [0, 0.05) is 67.2 Å². The Bertz CT molecular complexity index is 462. The molecular formula is C18H33N3O3S. The number of ether oxygens (including phenoxy) is 1. The number of hydrogen-bond donors (Lipinski definition) is 1. The molecule has 0 aromatic carbocycles. The van der Waals surface area contributed by atoms with Crippen molar-refractivity contribution in [3.8, 4) is 0 Å². The molecule has 7 heteroatoms. The molecule has 0 aromatic rings. The van der Waals surface area contributed by atoms with Gasteiger partial charge in [-0.05, 0) is 31.6 Å². The van der Waals surface area contributed by atoms with Crippen LogP contribution in [0.2, 0.25) is 0 Å². The maximum Gasteiger partial charge on any atom is 0.317 e. The Kier molecular flexibility index (Phi) is 7.13. The summed E-state index contributed by atoms with van der Waals surface area (Å²) in [5.41, 5.74) is 0. The van der Waals surface area contributed by atoms with Gasteiger partial charge in [0.25, 0.3) is 0 Å². The van der Waals surface area contributed by atoms with Crippen LogP contribution in [0.15, 0.2) is 0 Å². The molecule has 0 spiro atoms. The molecule has 3 fully saturated rings. The van der Waals surface area contributed by atoms with Gasteiger partial charge >= 0.3 is 6.03 Å². The molecule has 3 aliphatic rings. The second-order valence-corrected chi connectivity index (χ2v) is 9.63. The summed E-state index contributed by atoms with van der Waals surface area (Å²) in [5.74, 6) is 1.39. The summed E-state index contributed by atoms with van der Waals surface area (Å²) in [6.45, 7) is 8.39. The van der Waals surface area contributed by atoms with E-state index in [0.29, 0.717) is 5.92 Å². The fraction of sp³-hybridized carbons (Fsp3) is 0.944. The van der Waals surface area contributed by atoms with Crippen molar-refractivity contribution in [2.24, 2.45) is 5.92 Å². The summed E-state index contributed by atoms with van der Waals surface area (Å²) in [6.07, 6.45) is 5.16. The highest BCUT2D eigenvalue weighted by atomic mass is 32.2. The molecule has 0 radical (unpaired) electrons. The molecule has 0 bridgehead atoms. The zero-order chi connectivity index (χ0) is 17.6. The van der Waals surface area contributed by atoms with Gasteiger partial charge in [-0.15, -0.1) is 0 Å². The largest absolute Gasteiger partial charge is 0.381 e. The molecule has 2 aliphatic heterocycles. The predicted molar refractivity (Wildman–Crippen MR) is 100 cm³/mol. The average Bonchev–Trinajstić information content (AvgIpc) is 3.15. The SMILES string of the molecule is CC[S@](=O)[C@@H]1CCC[C@H](NC(=O)N2CCN(C[C@H]3CCOC3)CC2)C1. The lowest BCUT2D eigenvalue weighted by atomic mass is 9.95. The first-order chi connectivity index (χ1) is 12.2. The fourth-order valence-corrected chi connectivity index (χ4v) is 5.59. The minimum absolute atomic E-state index is 0.0665. The Morgan fingerprint density at radius 1 is 1.20 bits per heavy atom. The van der Waals surface area contributed by atoms with Crippen molar-refractivity contribution in [3.05, 3.63) is 0 Å². The van der Waals surface area contributed by atoms with E-state index in [0.717, 1.165) is 77.4 Å². The lowest BCUT2D eigenvalue weighted by Crippen LogP contribution is -2.54. The van der Waals surface area contributed by atoms with Gasteiger partial charge in [-0.1, -0.05) is 13.3 Å². The van der Waals surface area contributed by atoms with Crippen LogP contribution in [-0.2, 0) is 15.5 Å². The molecule has 1 N–H and O–H groups in total. The highest BCUT2D eigenvalue weighted by Gasteiger charge is 2.29. The molecule has 2 saturated heterocycles. The number of piperazine rings is 1. The summed E-state index contributed by atoms with van der Waals surface area (Å²) in [7, 11) is -0.743. The fourth-order valence-electron chi connectivity index (χ4n) is 4.24. The zero-order valence-electron chi connectivity index (χ0n) is 15.5. The molecule has 0 aromatic heterocycles. The third kappa shape index (κ3) is 5.41. The monoisotopic (exact) mass is 371 g/mol. The Labute approximate surface area is 154 Å². The van der Waals surface area contributed by atoms with E-state index in [1.807, 2.05) is 11.8 Å². The van der Waals surface area contributed by atoms with Crippen molar-refractivity contribution in [2.45, 2.75) is 50.3 Å². The Morgan fingerprint density at radius 3 is 2.68 bits per heavy atom. The number of urea groups is 1. The van der Waals surface area contributed by atoms with Crippen molar-refractivity contribution < 1.29 is 13.7 Å². The van der Waals surface area contributed by atoms with Gasteiger partial charge in [-0.25, -0.2) is 4.79 Å². The standard InChI is InChI=1S/C18H33N3O3S/c1-2-25(23)17-5-3-4-16(12-17)19-18(22)21-9-7-20(8-10-21)13-15-6-11-24-14-15/h15-17H,2-14H2,1H3,(H,19,22)/t15-,16+,17-,25+/m1/s1. The molecule has 3 rings (SSSR count). The van der Waals surface area contributed by atoms with Crippen molar-refractivity contribution in [1.82, 2.24) is 15.1 Å². The Morgan fingerprint density at radius 2 is 2.00 bits per heavy atom. The van der Waals surface area contributed by atoms with Gasteiger partial charge in [-0.2, -0.15) is 0 Å². The third-order valence-corrected chi connectivity index (χ3v) is 7.55. The van der Waals surface area contributed by atoms with Gasteiger partial charge in [0.2, 0.25) is 0 Å². The van der Waals surface area contributed by atoms with Crippen LogP contribution < -0.4 is 5.32 Å². The zero-order valence-corrected chi connectivity index (χ0v) is 16.3. The molecule has 144 valence electrons. The summed E-state index contributed by atoms with van der Waals surface area (Å²) >= 11 is 0. The Hall–Kier alpha value is -0.660. The van der Waals surface area contributed by atoms with Gasteiger partial charge in [0.15, 0.2) is 0 Å². The maximum atomic E-state index is 12.6. The van der Waals surface area contributed by atoms with Crippen molar-refractivity contribution in [1.29, 1.82) is 0 Å². The highest BCUT2D eigenvalue weighted by Crippen LogP contribution is 2.23. The van der Waals surface area contributed by atoms with Gasteiger partial charge in [0.1, 0.15) is 0 Å². The Balaban J connectivity index is 1.39. The number of carbonyl (C=O) groups excluding carboxylic acids is 1. The van der Waals surface area contributed by atoms with Crippen molar-refractivity contribution in [2.75, 3.05) is 51.7 Å². The minimum atomic E-state index is -0.743. The van der Waals surface area contributed by atoms with Crippen LogP contribution in [0.3, 0.4) is 0 Å². The van der Waals surface area contributed by atoms with Crippen LogP contribution in [0.4, 0.5) is 4.79 Å². The van der Waals surface area contributed by atoms with Crippen LogP contribution in [0, 0.1) is 5.92 Å². The van der Waals surface area contributed by atoms with Crippen LogP contribution in [0.5, 0.6) is 0 Å². The van der Waals surface area contributed by atoms with Crippen LogP contribution in [-0.4, -0.2) is 83.0 Å². The summed E-state index contributed by atoms with van der Waals surface area (Å²) in [5, 5.41) is 3.46. The second-order valence-electron chi connectivity index (χ2n) is 7.62. The molecule has 6 nitrogen and oxygen atoms in total. The van der Waals surface area contributed by atoms with Crippen LogP contribution >= 0.6 is 0 Å². The van der Waals surface area contributed by atoms with E-state index >= 15 is 0 Å². The van der Waals surface area contributed by atoms with Crippen molar-refractivity contribution in [3.63, 3.8) is 0 Å². The smallest absolute Gasteiger partial charge is 0.317 e. The number of rotatable bonds is 5. The first-order valence-corrected chi connectivity index (χ1v) is 11.3. The number of amides is 2. The normalized spacial score (nSPS) is 32.5. The van der Waals surface area contributed by atoms with E-state index in [1.165, 1.54) is 6.42 Å². The topological polar surface area (TPSA) is 61.9 Å². The van der Waals surface area contributed by atoms with Crippen molar-refractivity contribution >= 4 is 16.8 Å². The third-order valence-electron chi connectivity index (χ3n) is 5.81. The summed E-state index contributed by atoms with van der Waals surface area (Å²) in [6, 6.07) is 0.257. The van der Waals surface area contributed by atoms with Gasteiger partial charge < -0.3 is 15.0 Å². The molecule has 1 saturated carbocycles. The number of nitrogens with one attached hydrogen (secondary N) is 1. The highest BCUT2D eigenvalue weighted by molar-refractivity contribution is 7.85. The van der Waals surface area contributed by atoms with E-state index in [2.05, 4.69) is 10.2 Å². The molecule has 25 heavy (non-hydrogen) atoms. The average molecular weight is 372 g/mol. The van der Waals surface area contributed by atoms with E-state index in [9.17, 15) is 9.00 Å².